The van der Waals surface area contributed by atoms with Crippen LogP contribution in [0.15, 0.2) is 54.6 Å². The molecular weight excluding hydrogens is 287 g/mol. The van der Waals surface area contributed by atoms with E-state index in [1.807, 2.05) is 0 Å². The van der Waals surface area contributed by atoms with Gasteiger partial charge in [0.2, 0.25) is 0 Å². The second kappa shape index (κ2) is 4.56. The van der Waals surface area contributed by atoms with Crippen molar-refractivity contribution in [1.29, 1.82) is 0 Å². The molecule has 0 saturated heterocycles. The monoisotopic (exact) mass is 295 g/mol. The first-order valence-electron chi connectivity index (χ1n) is 5.90. The molecule has 0 spiro atoms. The van der Waals surface area contributed by atoms with Gasteiger partial charge >= 0.3 is 6.18 Å². The minimum atomic E-state index is -4.42. The van der Waals surface area contributed by atoms with Gasteiger partial charge in [-0.25, -0.2) is 0 Å². The van der Waals surface area contributed by atoms with Crippen molar-refractivity contribution in [2.75, 3.05) is 0 Å². The highest BCUT2D eigenvalue weighted by Crippen LogP contribution is 2.36. The summed E-state index contributed by atoms with van der Waals surface area (Å²) in [6.07, 6.45) is -4.42. The van der Waals surface area contributed by atoms with Gasteiger partial charge in [-0.1, -0.05) is 29.8 Å². The number of hydrogen-bond acceptors (Lipinski definition) is 0. The second-order valence-corrected chi connectivity index (χ2v) is 4.83. The highest BCUT2D eigenvalue weighted by Gasteiger charge is 2.35. The van der Waals surface area contributed by atoms with Crippen LogP contribution in [-0.2, 0) is 6.18 Å². The molecule has 0 aliphatic heterocycles. The highest BCUT2D eigenvalue weighted by atomic mass is 35.5. The van der Waals surface area contributed by atoms with Crippen LogP contribution in [-0.4, -0.2) is 4.57 Å². The van der Waals surface area contributed by atoms with Crippen molar-refractivity contribution in [1.82, 2.24) is 4.57 Å². The van der Waals surface area contributed by atoms with Crippen LogP contribution in [0.5, 0.6) is 0 Å². The molecule has 2 aromatic carbocycles. The Morgan fingerprint density at radius 3 is 2.20 bits per heavy atom. The van der Waals surface area contributed by atoms with E-state index in [2.05, 4.69) is 0 Å². The predicted octanol–water partition coefficient (Wildman–Crippen LogP) is 5.30. The third-order valence-corrected chi connectivity index (χ3v) is 3.34. The van der Waals surface area contributed by atoms with E-state index in [0.717, 1.165) is 6.07 Å². The molecule has 5 heteroatoms. The quantitative estimate of drug-likeness (QED) is 0.574. The number of fused-ring (bicyclic) bond motifs is 1. The van der Waals surface area contributed by atoms with E-state index in [-0.39, 0.29) is 0 Å². The third-order valence-electron chi connectivity index (χ3n) is 3.09. The summed E-state index contributed by atoms with van der Waals surface area (Å²) in [5.41, 5.74) is 0.256. The van der Waals surface area contributed by atoms with E-state index < -0.39 is 11.9 Å². The highest BCUT2D eigenvalue weighted by molar-refractivity contribution is 6.30. The molecule has 0 aliphatic rings. The second-order valence-electron chi connectivity index (χ2n) is 4.40. The molecule has 3 aromatic rings. The average Bonchev–Trinajstić information content (AvgIpc) is 2.79. The van der Waals surface area contributed by atoms with Crippen LogP contribution in [0.25, 0.3) is 16.6 Å². The summed E-state index contributed by atoms with van der Waals surface area (Å²) in [6, 6.07) is 14.2. The van der Waals surface area contributed by atoms with Crippen molar-refractivity contribution in [3.63, 3.8) is 0 Å². The fraction of sp³-hybridized carbons (Fsp3) is 0.0667. The molecule has 0 bridgehead atoms. The van der Waals surface area contributed by atoms with E-state index in [1.165, 1.54) is 4.57 Å². The number of nitrogens with zero attached hydrogens (tertiary/aromatic N) is 1. The molecule has 102 valence electrons. The average molecular weight is 296 g/mol. The molecule has 0 fully saturated rings. The molecule has 0 unspecified atom stereocenters. The minimum Gasteiger partial charge on any atom is -0.305 e. The Morgan fingerprint density at radius 2 is 1.55 bits per heavy atom. The Kier molecular flexibility index (Phi) is 2.98. The lowest BCUT2D eigenvalue weighted by Gasteiger charge is -2.13. The maximum absolute atomic E-state index is 13.2. The molecule has 1 nitrogen and oxygen atoms in total. The number of alkyl halides is 3. The topological polar surface area (TPSA) is 4.93 Å². The van der Waals surface area contributed by atoms with E-state index >= 15 is 0 Å². The molecule has 3 rings (SSSR count). The van der Waals surface area contributed by atoms with Crippen LogP contribution in [0.4, 0.5) is 13.2 Å². The first-order valence-corrected chi connectivity index (χ1v) is 6.28. The van der Waals surface area contributed by atoms with Gasteiger partial charge in [0.15, 0.2) is 0 Å². The van der Waals surface area contributed by atoms with Crippen LogP contribution >= 0.6 is 11.6 Å². The zero-order chi connectivity index (χ0) is 14.3. The molecule has 0 saturated carbocycles. The number of hydrogen-bond donors (Lipinski definition) is 0. The van der Waals surface area contributed by atoms with Crippen LogP contribution in [0.3, 0.4) is 0 Å². The van der Waals surface area contributed by atoms with Gasteiger partial charge in [-0.05, 0) is 36.4 Å². The third kappa shape index (κ3) is 2.16. The van der Waals surface area contributed by atoms with Gasteiger partial charge in [0.1, 0.15) is 5.69 Å². The number of aromatic nitrogens is 1. The standard InChI is InChI=1S/C15H9ClF3N/c16-11-5-7-12(8-6-11)20-13-4-2-1-3-10(13)9-14(20)15(17,18)19/h1-9H. The number of rotatable bonds is 1. The number of para-hydroxylation sites is 1. The predicted molar refractivity (Wildman–Crippen MR) is 73.3 cm³/mol. The van der Waals surface area contributed by atoms with Gasteiger partial charge < -0.3 is 4.57 Å². The van der Waals surface area contributed by atoms with Crippen LogP contribution in [0.2, 0.25) is 5.02 Å². The van der Waals surface area contributed by atoms with Gasteiger partial charge in [-0.3, -0.25) is 0 Å². The zero-order valence-electron chi connectivity index (χ0n) is 10.2. The van der Waals surface area contributed by atoms with E-state index in [9.17, 15) is 13.2 Å². The lowest BCUT2D eigenvalue weighted by Crippen LogP contribution is -2.12. The largest absolute Gasteiger partial charge is 0.431 e. The van der Waals surface area contributed by atoms with Gasteiger partial charge in [-0.15, -0.1) is 0 Å². The van der Waals surface area contributed by atoms with Gasteiger partial charge in [0.25, 0.3) is 0 Å². The zero-order valence-corrected chi connectivity index (χ0v) is 10.9. The summed E-state index contributed by atoms with van der Waals surface area (Å²) in [4.78, 5) is 0. The minimum absolute atomic E-state index is 0.433. The summed E-state index contributed by atoms with van der Waals surface area (Å²) in [5.74, 6) is 0. The molecule has 0 amide bonds. The van der Waals surface area contributed by atoms with Crippen LogP contribution in [0, 0.1) is 0 Å². The fourth-order valence-electron chi connectivity index (χ4n) is 2.23. The van der Waals surface area contributed by atoms with E-state index in [1.54, 1.807) is 48.5 Å². The van der Waals surface area contributed by atoms with Crippen molar-refractivity contribution < 1.29 is 13.2 Å². The molecule has 0 atom stereocenters. The number of benzene rings is 2. The van der Waals surface area contributed by atoms with Crippen molar-refractivity contribution in [2.24, 2.45) is 0 Å². The Balaban J connectivity index is 2.34. The molecule has 1 aromatic heterocycles. The molecule has 1 heterocycles. The summed E-state index contributed by atoms with van der Waals surface area (Å²) in [7, 11) is 0. The smallest absolute Gasteiger partial charge is 0.305 e. The maximum atomic E-state index is 13.2. The summed E-state index contributed by atoms with van der Waals surface area (Å²) in [5, 5.41) is 1.04. The van der Waals surface area contributed by atoms with Gasteiger partial charge in [-0.2, -0.15) is 13.2 Å². The summed E-state index contributed by atoms with van der Waals surface area (Å²) in [6.45, 7) is 0. The maximum Gasteiger partial charge on any atom is 0.431 e. The number of halogens is 4. The fourth-order valence-corrected chi connectivity index (χ4v) is 2.36. The van der Waals surface area contributed by atoms with E-state index in [0.29, 0.717) is 21.6 Å². The van der Waals surface area contributed by atoms with Crippen molar-refractivity contribution in [2.45, 2.75) is 6.18 Å². The Hall–Kier alpha value is -1.94. The molecule has 0 N–H and O–H groups in total. The van der Waals surface area contributed by atoms with Crippen molar-refractivity contribution in [3.8, 4) is 5.69 Å². The first-order chi connectivity index (χ1) is 9.47. The van der Waals surface area contributed by atoms with E-state index in [4.69, 9.17) is 11.6 Å². The van der Waals surface area contributed by atoms with Gasteiger partial charge in [0.05, 0.1) is 5.52 Å². The Morgan fingerprint density at radius 1 is 0.900 bits per heavy atom. The lowest BCUT2D eigenvalue weighted by atomic mass is 10.2. The summed E-state index contributed by atoms with van der Waals surface area (Å²) >= 11 is 5.79. The lowest BCUT2D eigenvalue weighted by molar-refractivity contribution is -0.142. The molecule has 0 radical (unpaired) electrons. The van der Waals surface area contributed by atoms with Gasteiger partial charge in [0, 0.05) is 16.1 Å². The van der Waals surface area contributed by atoms with Crippen LogP contribution in [0.1, 0.15) is 5.69 Å². The molecule has 0 aliphatic carbocycles. The summed E-state index contributed by atoms with van der Waals surface area (Å²) < 4.78 is 40.8. The normalized spacial score (nSPS) is 12.0. The van der Waals surface area contributed by atoms with Crippen LogP contribution < -0.4 is 0 Å². The Labute approximate surface area is 118 Å². The SMILES string of the molecule is FC(F)(F)c1cc2ccccc2n1-c1ccc(Cl)cc1. The van der Waals surface area contributed by atoms with Crippen molar-refractivity contribution >= 4 is 22.5 Å². The van der Waals surface area contributed by atoms with Crippen molar-refractivity contribution in [3.05, 3.63) is 65.3 Å². The first kappa shape index (κ1) is 13.1. The molecular formula is C15H9ClF3N. The molecule has 20 heavy (non-hydrogen) atoms. The Bertz CT molecular complexity index is 757.